The van der Waals surface area contributed by atoms with E-state index in [1.54, 1.807) is 18.2 Å². The van der Waals surface area contributed by atoms with E-state index in [-0.39, 0.29) is 25.1 Å². The molecule has 0 fully saturated rings. The van der Waals surface area contributed by atoms with Crippen molar-refractivity contribution in [3.05, 3.63) is 23.8 Å². The lowest BCUT2D eigenvalue weighted by Gasteiger charge is -2.24. The molecule has 5 nitrogen and oxygen atoms in total. The van der Waals surface area contributed by atoms with Gasteiger partial charge < -0.3 is 20.5 Å². The average molecular weight is 273 g/mol. The Morgan fingerprint density at radius 1 is 1.39 bits per heavy atom. The van der Waals surface area contributed by atoms with Gasteiger partial charge in [0.1, 0.15) is 0 Å². The molecule has 1 amide bonds. The summed E-state index contributed by atoms with van der Waals surface area (Å²) in [7, 11) is 0. The molecule has 3 N–H and O–H groups in total. The Labute approximate surface area is 112 Å². The van der Waals surface area contributed by atoms with Gasteiger partial charge in [0.25, 0.3) is 5.91 Å². The van der Waals surface area contributed by atoms with Crippen molar-refractivity contribution in [1.82, 2.24) is 5.32 Å². The van der Waals surface area contributed by atoms with Gasteiger partial charge >= 0.3 is 0 Å². The minimum Gasteiger partial charge on any atom is -0.454 e. The molecular formula is C12H17ClN2O3. The Hall–Kier alpha value is -1.46. The predicted molar refractivity (Wildman–Crippen MR) is 70.4 cm³/mol. The van der Waals surface area contributed by atoms with Crippen LogP contribution >= 0.6 is 12.4 Å². The molecule has 1 aromatic rings. The van der Waals surface area contributed by atoms with E-state index in [0.29, 0.717) is 23.6 Å². The molecule has 1 aliphatic heterocycles. The number of carbonyl (C=O) groups excluding carboxylic acids is 1. The molecule has 0 saturated heterocycles. The molecular weight excluding hydrogens is 256 g/mol. The van der Waals surface area contributed by atoms with Gasteiger partial charge in [0.15, 0.2) is 11.5 Å². The van der Waals surface area contributed by atoms with Crippen molar-refractivity contribution in [2.24, 2.45) is 5.73 Å². The van der Waals surface area contributed by atoms with E-state index in [0.717, 1.165) is 0 Å². The Bertz CT molecular complexity index is 449. The number of ether oxygens (including phenoxy) is 2. The van der Waals surface area contributed by atoms with Crippen molar-refractivity contribution in [3.8, 4) is 11.5 Å². The van der Waals surface area contributed by atoms with Crippen molar-refractivity contribution >= 4 is 18.3 Å². The molecule has 0 atom stereocenters. The van der Waals surface area contributed by atoms with Crippen molar-refractivity contribution < 1.29 is 14.3 Å². The van der Waals surface area contributed by atoms with Crippen LogP contribution in [0.15, 0.2) is 18.2 Å². The second-order valence-electron chi connectivity index (χ2n) is 4.61. The highest BCUT2D eigenvalue weighted by molar-refractivity contribution is 5.95. The molecule has 0 aliphatic carbocycles. The number of nitrogens with two attached hydrogens (primary N) is 1. The number of benzene rings is 1. The third-order valence-electron chi connectivity index (χ3n) is 2.60. The summed E-state index contributed by atoms with van der Waals surface area (Å²) in [6, 6.07) is 5.10. The minimum atomic E-state index is -0.423. The van der Waals surface area contributed by atoms with Gasteiger partial charge in [0, 0.05) is 17.6 Å². The van der Waals surface area contributed by atoms with Gasteiger partial charge in [-0.25, -0.2) is 0 Å². The fraction of sp³-hybridized carbons (Fsp3) is 0.417. The molecule has 6 heteroatoms. The summed E-state index contributed by atoms with van der Waals surface area (Å²) in [6.45, 7) is 4.33. The maximum absolute atomic E-state index is 12.0. The van der Waals surface area contributed by atoms with Crippen LogP contribution in [0.4, 0.5) is 0 Å². The molecule has 1 aliphatic rings. The zero-order valence-electron chi connectivity index (χ0n) is 10.4. The van der Waals surface area contributed by atoms with E-state index in [1.165, 1.54) is 0 Å². The van der Waals surface area contributed by atoms with Crippen molar-refractivity contribution in [2.45, 2.75) is 19.4 Å². The van der Waals surface area contributed by atoms with Gasteiger partial charge in [-0.2, -0.15) is 0 Å². The third-order valence-corrected chi connectivity index (χ3v) is 2.60. The van der Waals surface area contributed by atoms with Crippen LogP contribution in [-0.2, 0) is 0 Å². The highest BCUT2D eigenvalue weighted by Gasteiger charge is 2.21. The summed E-state index contributed by atoms with van der Waals surface area (Å²) in [5, 5.41) is 2.85. The molecule has 0 bridgehead atoms. The summed E-state index contributed by atoms with van der Waals surface area (Å²) >= 11 is 0. The highest BCUT2D eigenvalue weighted by atomic mass is 35.5. The molecule has 1 heterocycles. The van der Waals surface area contributed by atoms with Crippen LogP contribution in [0.3, 0.4) is 0 Å². The van der Waals surface area contributed by atoms with Crippen LogP contribution < -0.4 is 20.5 Å². The third kappa shape index (κ3) is 3.05. The summed E-state index contributed by atoms with van der Waals surface area (Å²) in [4.78, 5) is 12.0. The van der Waals surface area contributed by atoms with E-state index in [2.05, 4.69) is 5.32 Å². The normalized spacial score (nSPS) is 12.8. The Balaban J connectivity index is 0.00000162. The molecule has 2 rings (SSSR count). The zero-order chi connectivity index (χ0) is 12.5. The summed E-state index contributed by atoms with van der Waals surface area (Å²) in [6.07, 6.45) is 0. The first kappa shape index (κ1) is 14.6. The highest BCUT2D eigenvalue weighted by Crippen LogP contribution is 2.32. The van der Waals surface area contributed by atoms with Gasteiger partial charge in [-0.05, 0) is 32.0 Å². The first-order valence-corrected chi connectivity index (χ1v) is 5.44. The number of fused-ring (bicyclic) bond motifs is 1. The number of rotatable bonds is 3. The molecule has 0 unspecified atom stereocenters. The maximum Gasteiger partial charge on any atom is 0.251 e. The van der Waals surface area contributed by atoms with Gasteiger partial charge in [-0.1, -0.05) is 0 Å². The number of amides is 1. The van der Waals surface area contributed by atoms with Gasteiger partial charge in [0.05, 0.1) is 0 Å². The molecule has 0 spiro atoms. The van der Waals surface area contributed by atoms with Crippen LogP contribution in [0.25, 0.3) is 0 Å². The second-order valence-corrected chi connectivity index (χ2v) is 4.61. The lowest BCUT2D eigenvalue weighted by molar-refractivity contribution is 0.0915. The quantitative estimate of drug-likeness (QED) is 0.870. The zero-order valence-corrected chi connectivity index (χ0v) is 11.2. The second kappa shape index (κ2) is 5.46. The lowest BCUT2D eigenvalue weighted by Crippen LogP contribution is -2.48. The SMILES string of the molecule is CC(C)(CN)NC(=O)c1ccc2c(c1)OCO2.Cl. The van der Waals surface area contributed by atoms with Crippen LogP contribution in [0, 0.1) is 0 Å². The van der Waals surface area contributed by atoms with Crippen molar-refractivity contribution in [2.75, 3.05) is 13.3 Å². The van der Waals surface area contributed by atoms with Crippen LogP contribution in [0.5, 0.6) is 11.5 Å². The largest absolute Gasteiger partial charge is 0.454 e. The summed E-state index contributed by atoms with van der Waals surface area (Å²) in [5.74, 6) is 1.10. The molecule has 18 heavy (non-hydrogen) atoms. The smallest absolute Gasteiger partial charge is 0.251 e. The fourth-order valence-electron chi connectivity index (χ4n) is 1.47. The van der Waals surface area contributed by atoms with Crippen molar-refractivity contribution in [1.29, 1.82) is 0 Å². The maximum atomic E-state index is 12.0. The molecule has 0 aromatic heterocycles. The van der Waals surface area contributed by atoms with Crippen molar-refractivity contribution in [3.63, 3.8) is 0 Å². The van der Waals surface area contributed by atoms with Crippen LogP contribution in [0.2, 0.25) is 0 Å². The number of halogens is 1. The first-order valence-electron chi connectivity index (χ1n) is 5.44. The van der Waals surface area contributed by atoms with Gasteiger partial charge in [0.2, 0.25) is 6.79 Å². The van der Waals surface area contributed by atoms with E-state index in [4.69, 9.17) is 15.2 Å². The molecule has 0 saturated carbocycles. The van der Waals surface area contributed by atoms with E-state index < -0.39 is 5.54 Å². The summed E-state index contributed by atoms with van der Waals surface area (Å²) < 4.78 is 10.4. The fourth-order valence-corrected chi connectivity index (χ4v) is 1.47. The van der Waals surface area contributed by atoms with Gasteiger partial charge in [-0.3, -0.25) is 4.79 Å². The molecule has 0 radical (unpaired) electrons. The monoisotopic (exact) mass is 272 g/mol. The van der Waals surface area contributed by atoms with E-state index >= 15 is 0 Å². The first-order chi connectivity index (χ1) is 8.02. The number of carbonyl (C=O) groups is 1. The minimum absolute atomic E-state index is 0. The number of nitrogens with one attached hydrogen (secondary N) is 1. The van der Waals surface area contributed by atoms with Crippen LogP contribution in [-0.4, -0.2) is 24.8 Å². The predicted octanol–water partition coefficient (Wildman–Crippen LogP) is 1.30. The standard InChI is InChI=1S/C12H16N2O3.ClH/c1-12(2,6-13)14-11(15)8-3-4-9-10(5-8)17-7-16-9;/h3-5H,6-7,13H2,1-2H3,(H,14,15);1H. The molecule has 100 valence electrons. The number of hydrogen-bond acceptors (Lipinski definition) is 4. The number of hydrogen-bond donors (Lipinski definition) is 2. The lowest BCUT2D eigenvalue weighted by atomic mass is 10.1. The molecule has 1 aromatic carbocycles. The van der Waals surface area contributed by atoms with E-state index in [9.17, 15) is 4.79 Å². The Morgan fingerprint density at radius 3 is 2.72 bits per heavy atom. The van der Waals surface area contributed by atoms with Gasteiger partial charge in [-0.15, -0.1) is 12.4 Å². The Morgan fingerprint density at radius 2 is 2.06 bits per heavy atom. The Kier molecular flexibility index (Phi) is 4.43. The summed E-state index contributed by atoms with van der Waals surface area (Å²) in [5.41, 5.74) is 5.68. The average Bonchev–Trinajstić information content (AvgIpc) is 2.75. The van der Waals surface area contributed by atoms with E-state index in [1.807, 2.05) is 13.8 Å². The van der Waals surface area contributed by atoms with Crippen LogP contribution in [0.1, 0.15) is 24.2 Å². The topological polar surface area (TPSA) is 73.6 Å².